The van der Waals surface area contributed by atoms with Gasteiger partial charge in [-0.15, -0.1) is 0 Å². The summed E-state index contributed by atoms with van der Waals surface area (Å²) in [5, 5.41) is 13.7. The number of anilines is 1. The number of carbonyl (C=O) groups excluding carboxylic acids is 1. The van der Waals surface area contributed by atoms with Gasteiger partial charge in [0, 0.05) is 29.9 Å². The number of aryl methyl sites for hydroxylation is 2. The Balaban J connectivity index is 1.91. The van der Waals surface area contributed by atoms with Crippen molar-refractivity contribution in [1.29, 1.82) is 0 Å². The van der Waals surface area contributed by atoms with Crippen LogP contribution in [-0.2, 0) is 7.05 Å². The Morgan fingerprint density at radius 3 is 2.71 bits per heavy atom. The average molecular weight is 343 g/mol. The molecule has 1 amide bonds. The fourth-order valence-corrected chi connectivity index (χ4v) is 3.28. The van der Waals surface area contributed by atoms with Crippen LogP contribution < -0.4 is 10.2 Å². The SMILES string of the molecule is Cc1ccc(C(=O)Nc2ccc3c(c2)sc(=O)n3C)cc1[N+](=O)[O-]. The van der Waals surface area contributed by atoms with Crippen molar-refractivity contribution < 1.29 is 9.72 Å². The number of nitrogens with one attached hydrogen (secondary N) is 1. The van der Waals surface area contributed by atoms with Crippen LogP contribution in [0.1, 0.15) is 15.9 Å². The number of hydrogen-bond acceptors (Lipinski definition) is 5. The summed E-state index contributed by atoms with van der Waals surface area (Å²) in [4.78, 5) is 34.4. The van der Waals surface area contributed by atoms with Gasteiger partial charge in [0.25, 0.3) is 11.6 Å². The molecule has 0 bridgehead atoms. The van der Waals surface area contributed by atoms with Gasteiger partial charge in [0.05, 0.1) is 15.1 Å². The third kappa shape index (κ3) is 2.79. The number of fused-ring (bicyclic) bond motifs is 1. The molecule has 3 rings (SSSR count). The first-order valence-electron chi connectivity index (χ1n) is 7.03. The zero-order chi connectivity index (χ0) is 17.4. The Hall–Kier alpha value is -3.00. The first-order chi connectivity index (χ1) is 11.4. The fourth-order valence-electron chi connectivity index (χ4n) is 2.36. The molecule has 0 atom stereocenters. The maximum absolute atomic E-state index is 12.3. The summed E-state index contributed by atoms with van der Waals surface area (Å²) in [6.07, 6.45) is 0. The first kappa shape index (κ1) is 15.9. The molecule has 0 saturated heterocycles. The Morgan fingerprint density at radius 2 is 2.00 bits per heavy atom. The lowest BCUT2D eigenvalue weighted by molar-refractivity contribution is -0.385. The molecule has 0 spiro atoms. The Labute approximate surface area is 140 Å². The minimum absolute atomic E-state index is 0.0809. The highest BCUT2D eigenvalue weighted by molar-refractivity contribution is 7.16. The minimum atomic E-state index is -0.514. The van der Waals surface area contributed by atoms with E-state index in [1.807, 2.05) is 0 Å². The number of thiazole rings is 1. The van der Waals surface area contributed by atoms with Crippen LogP contribution >= 0.6 is 11.3 Å². The molecule has 0 aliphatic rings. The first-order valence-corrected chi connectivity index (χ1v) is 7.84. The van der Waals surface area contributed by atoms with Crippen LogP contribution in [-0.4, -0.2) is 15.4 Å². The molecule has 0 unspecified atom stereocenters. The number of nitro groups is 1. The maximum atomic E-state index is 12.3. The molecule has 122 valence electrons. The standard InChI is InChI=1S/C16H13N3O4S/c1-9-3-4-10(7-13(9)19(22)23)15(20)17-11-5-6-12-14(8-11)24-16(21)18(12)2/h3-8H,1-2H3,(H,17,20). The molecule has 24 heavy (non-hydrogen) atoms. The smallest absolute Gasteiger partial charge is 0.307 e. The summed E-state index contributed by atoms with van der Waals surface area (Å²) in [6, 6.07) is 9.48. The van der Waals surface area contributed by atoms with E-state index >= 15 is 0 Å². The van der Waals surface area contributed by atoms with Gasteiger partial charge in [0.15, 0.2) is 0 Å². The van der Waals surface area contributed by atoms with Crippen molar-refractivity contribution in [3.05, 3.63) is 67.3 Å². The number of nitrogens with zero attached hydrogens (tertiary/aromatic N) is 2. The van der Waals surface area contributed by atoms with Gasteiger partial charge in [0.2, 0.25) is 0 Å². The second-order valence-corrected chi connectivity index (χ2v) is 6.32. The molecule has 1 aromatic heterocycles. The molecule has 0 saturated carbocycles. The van der Waals surface area contributed by atoms with Gasteiger partial charge >= 0.3 is 4.87 Å². The van der Waals surface area contributed by atoms with Crippen molar-refractivity contribution in [1.82, 2.24) is 4.57 Å². The largest absolute Gasteiger partial charge is 0.322 e. The quantitative estimate of drug-likeness (QED) is 0.584. The van der Waals surface area contributed by atoms with Crippen molar-refractivity contribution in [2.75, 3.05) is 5.32 Å². The average Bonchev–Trinajstić information content (AvgIpc) is 2.81. The number of carbonyl (C=O) groups is 1. The summed E-state index contributed by atoms with van der Waals surface area (Å²) < 4.78 is 2.30. The highest BCUT2D eigenvalue weighted by atomic mass is 32.1. The number of nitro benzene ring substituents is 1. The zero-order valence-corrected chi connectivity index (χ0v) is 13.7. The van der Waals surface area contributed by atoms with Crippen LogP contribution in [0.15, 0.2) is 41.2 Å². The van der Waals surface area contributed by atoms with Crippen LogP contribution in [0.2, 0.25) is 0 Å². The van der Waals surface area contributed by atoms with E-state index in [2.05, 4.69) is 5.32 Å². The molecule has 0 fully saturated rings. The van der Waals surface area contributed by atoms with Crippen molar-refractivity contribution >= 4 is 38.8 Å². The second kappa shape index (κ2) is 5.89. The van der Waals surface area contributed by atoms with Crippen LogP contribution in [0.3, 0.4) is 0 Å². The lowest BCUT2D eigenvalue weighted by Crippen LogP contribution is -2.12. The number of aromatic nitrogens is 1. The molecule has 0 radical (unpaired) electrons. The van der Waals surface area contributed by atoms with Crippen molar-refractivity contribution in [3.8, 4) is 0 Å². The maximum Gasteiger partial charge on any atom is 0.307 e. The summed E-state index contributed by atoms with van der Waals surface area (Å²) in [7, 11) is 1.69. The molecule has 0 aliphatic heterocycles. The molecule has 1 heterocycles. The summed E-state index contributed by atoms with van der Waals surface area (Å²) in [5.74, 6) is -0.444. The molecule has 7 nitrogen and oxygen atoms in total. The molecule has 0 aliphatic carbocycles. The van der Waals surface area contributed by atoms with Gasteiger partial charge in [-0.05, 0) is 31.2 Å². The molecule has 2 aromatic carbocycles. The van der Waals surface area contributed by atoms with Crippen LogP contribution in [0.4, 0.5) is 11.4 Å². The second-order valence-electron chi connectivity index (χ2n) is 5.32. The molecular formula is C16H13N3O4S. The van der Waals surface area contributed by atoms with Crippen LogP contribution in [0, 0.1) is 17.0 Å². The third-order valence-electron chi connectivity index (χ3n) is 3.72. The van der Waals surface area contributed by atoms with E-state index in [0.717, 1.165) is 21.6 Å². The Morgan fingerprint density at radius 1 is 1.25 bits per heavy atom. The number of rotatable bonds is 3. The van der Waals surface area contributed by atoms with Crippen LogP contribution in [0.25, 0.3) is 10.2 Å². The van der Waals surface area contributed by atoms with Crippen LogP contribution in [0.5, 0.6) is 0 Å². The molecule has 8 heteroatoms. The molecular weight excluding hydrogens is 330 g/mol. The van der Waals surface area contributed by atoms with Gasteiger partial charge in [-0.2, -0.15) is 0 Å². The molecule has 1 N–H and O–H groups in total. The highest BCUT2D eigenvalue weighted by Crippen LogP contribution is 2.23. The van der Waals surface area contributed by atoms with Gasteiger partial charge < -0.3 is 9.88 Å². The summed E-state index contributed by atoms with van der Waals surface area (Å²) in [5.41, 5.74) is 1.91. The highest BCUT2D eigenvalue weighted by Gasteiger charge is 2.15. The third-order valence-corrected chi connectivity index (χ3v) is 4.71. The van der Waals surface area contributed by atoms with Crippen molar-refractivity contribution in [2.45, 2.75) is 6.92 Å². The monoisotopic (exact) mass is 343 g/mol. The van der Waals surface area contributed by atoms with Gasteiger partial charge in [-0.25, -0.2) is 0 Å². The fraction of sp³-hybridized carbons (Fsp3) is 0.125. The Bertz CT molecular complexity index is 1040. The number of amides is 1. The van der Waals surface area contributed by atoms with E-state index in [1.54, 1.807) is 38.2 Å². The van der Waals surface area contributed by atoms with E-state index in [9.17, 15) is 19.7 Å². The van der Waals surface area contributed by atoms with E-state index < -0.39 is 10.8 Å². The summed E-state index contributed by atoms with van der Waals surface area (Å²) >= 11 is 1.09. The van der Waals surface area contributed by atoms with E-state index in [-0.39, 0.29) is 16.1 Å². The normalized spacial score (nSPS) is 10.8. The predicted molar refractivity (Wildman–Crippen MR) is 92.9 cm³/mol. The lowest BCUT2D eigenvalue weighted by atomic mass is 10.1. The van der Waals surface area contributed by atoms with Crippen molar-refractivity contribution in [2.24, 2.45) is 7.05 Å². The topological polar surface area (TPSA) is 94.2 Å². The zero-order valence-electron chi connectivity index (χ0n) is 12.9. The lowest BCUT2D eigenvalue weighted by Gasteiger charge is -2.06. The molecule has 3 aromatic rings. The number of hydrogen-bond donors (Lipinski definition) is 1. The summed E-state index contributed by atoms with van der Waals surface area (Å²) in [6.45, 7) is 1.62. The van der Waals surface area contributed by atoms with E-state index in [4.69, 9.17) is 0 Å². The van der Waals surface area contributed by atoms with Gasteiger partial charge in [-0.3, -0.25) is 19.7 Å². The Kier molecular flexibility index (Phi) is 3.90. The number of benzene rings is 2. The van der Waals surface area contributed by atoms with Crippen molar-refractivity contribution in [3.63, 3.8) is 0 Å². The minimum Gasteiger partial charge on any atom is -0.322 e. The van der Waals surface area contributed by atoms with E-state index in [0.29, 0.717) is 11.3 Å². The van der Waals surface area contributed by atoms with E-state index in [1.165, 1.54) is 16.7 Å². The van der Waals surface area contributed by atoms with Gasteiger partial charge in [0.1, 0.15) is 0 Å². The predicted octanol–water partition coefficient (Wildman–Crippen LogP) is 3.07. The van der Waals surface area contributed by atoms with Gasteiger partial charge in [-0.1, -0.05) is 17.4 Å².